The number of carbonyl (C=O) groups excluding carboxylic acids is 1. The number of aliphatic carboxylic acids is 1. The van der Waals surface area contributed by atoms with E-state index in [0.29, 0.717) is 19.4 Å². The van der Waals surface area contributed by atoms with Crippen LogP contribution in [0.3, 0.4) is 0 Å². The van der Waals surface area contributed by atoms with Crippen LogP contribution in [0.5, 0.6) is 0 Å². The van der Waals surface area contributed by atoms with E-state index >= 15 is 0 Å². The van der Waals surface area contributed by atoms with Gasteiger partial charge >= 0.3 is 12.0 Å². The molecule has 1 saturated carbocycles. The minimum Gasteiger partial charge on any atom is -0.481 e. The zero-order chi connectivity index (χ0) is 13.9. The van der Waals surface area contributed by atoms with Crippen LogP contribution in [0.2, 0.25) is 0 Å². The molecule has 0 aromatic rings. The van der Waals surface area contributed by atoms with Gasteiger partial charge in [0.25, 0.3) is 0 Å². The van der Waals surface area contributed by atoms with Crippen LogP contribution in [0.25, 0.3) is 0 Å². The van der Waals surface area contributed by atoms with Gasteiger partial charge < -0.3 is 20.5 Å². The third kappa shape index (κ3) is 3.83. The van der Waals surface area contributed by atoms with Crippen molar-refractivity contribution < 1.29 is 19.4 Å². The Kier molecular flexibility index (Phi) is 4.29. The average Bonchev–Trinajstić information content (AvgIpc) is 2.77. The molecule has 1 aliphatic carbocycles. The summed E-state index contributed by atoms with van der Waals surface area (Å²) < 4.78 is 5.38. The smallest absolute Gasteiger partial charge is 0.315 e. The van der Waals surface area contributed by atoms with Crippen LogP contribution >= 0.6 is 0 Å². The van der Waals surface area contributed by atoms with E-state index in [1.54, 1.807) is 0 Å². The van der Waals surface area contributed by atoms with Crippen LogP contribution < -0.4 is 10.6 Å². The maximum atomic E-state index is 11.9. The molecule has 3 atom stereocenters. The number of carboxylic acids is 1. The molecule has 1 saturated heterocycles. The van der Waals surface area contributed by atoms with E-state index in [1.807, 2.05) is 6.92 Å². The molecular formula is C13H22N2O4. The molecule has 0 spiro atoms. The van der Waals surface area contributed by atoms with Gasteiger partial charge in [-0.2, -0.15) is 0 Å². The largest absolute Gasteiger partial charge is 0.481 e. The number of hydrogen-bond acceptors (Lipinski definition) is 3. The highest BCUT2D eigenvalue weighted by Gasteiger charge is 2.33. The third-order valence-corrected chi connectivity index (χ3v) is 3.97. The molecule has 0 aromatic carbocycles. The van der Waals surface area contributed by atoms with Gasteiger partial charge in [0.05, 0.1) is 18.1 Å². The molecule has 1 aliphatic heterocycles. The lowest BCUT2D eigenvalue weighted by Gasteiger charge is -2.34. The zero-order valence-corrected chi connectivity index (χ0v) is 11.3. The molecular weight excluding hydrogens is 248 g/mol. The topological polar surface area (TPSA) is 87.7 Å². The summed E-state index contributed by atoms with van der Waals surface area (Å²) in [6.07, 6.45) is 3.75. The Morgan fingerprint density at radius 2 is 2.16 bits per heavy atom. The Bertz CT molecular complexity index is 353. The summed E-state index contributed by atoms with van der Waals surface area (Å²) in [4.78, 5) is 22.8. The predicted molar refractivity (Wildman–Crippen MR) is 68.9 cm³/mol. The van der Waals surface area contributed by atoms with Crippen molar-refractivity contribution in [1.29, 1.82) is 0 Å². The number of rotatable bonds is 3. The number of hydrogen-bond donors (Lipinski definition) is 3. The quantitative estimate of drug-likeness (QED) is 0.717. The van der Waals surface area contributed by atoms with Gasteiger partial charge in [0, 0.05) is 12.6 Å². The maximum absolute atomic E-state index is 11.9. The Morgan fingerprint density at radius 1 is 1.37 bits per heavy atom. The predicted octanol–water partition coefficient (Wildman–Crippen LogP) is 1.11. The highest BCUT2D eigenvalue weighted by Crippen LogP contribution is 2.25. The molecule has 0 bridgehead atoms. The molecule has 2 amide bonds. The van der Waals surface area contributed by atoms with Crippen molar-refractivity contribution in [3.8, 4) is 0 Å². The minimum absolute atomic E-state index is 0.0331. The summed E-state index contributed by atoms with van der Waals surface area (Å²) in [7, 11) is 0. The van der Waals surface area contributed by atoms with Crippen LogP contribution in [0.1, 0.15) is 39.0 Å². The van der Waals surface area contributed by atoms with Gasteiger partial charge in [-0.25, -0.2) is 4.79 Å². The Labute approximate surface area is 112 Å². The van der Waals surface area contributed by atoms with E-state index in [1.165, 1.54) is 0 Å². The first kappa shape index (κ1) is 14.1. The van der Waals surface area contributed by atoms with E-state index in [-0.39, 0.29) is 23.5 Å². The summed E-state index contributed by atoms with van der Waals surface area (Å²) >= 11 is 0. The fourth-order valence-corrected chi connectivity index (χ4v) is 2.87. The zero-order valence-electron chi connectivity index (χ0n) is 11.3. The summed E-state index contributed by atoms with van der Waals surface area (Å²) in [5.74, 6) is -1.09. The molecule has 2 fully saturated rings. The first-order chi connectivity index (χ1) is 8.98. The first-order valence-electron chi connectivity index (χ1n) is 6.88. The maximum Gasteiger partial charge on any atom is 0.315 e. The van der Waals surface area contributed by atoms with E-state index in [4.69, 9.17) is 9.84 Å². The first-order valence-corrected chi connectivity index (χ1v) is 6.88. The van der Waals surface area contributed by atoms with E-state index in [9.17, 15) is 9.59 Å². The Hall–Kier alpha value is -1.30. The molecule has 0 aromatic heterocycles. The van der Waals surface area contributed by atoms with Crippen LogP contribution in [0.15, 0.2) is 0 Å². The lowest BCUT2D eigenvalue weighted by molar-refractivity contribution is -0.141. The summed E-state index contributed by atoms with van der Waals surface area (Å²) in [5.41, 5.74) is -0.312. The van der Waals surface area contributed by atoms with Crippen molar-refractivity contribution >= 4 is 12.0 Å². The molecule has 3 N–H and O–H groups in total. The van der Waals surface area contributed by atoms with Gasteiger partial charge in [-0.15, -0.1) is 0 Å². The van der Waals surface area contributed by atoms with E-state index in [0.717, 1.165) is 25.9 Å². The number of amides is 2. The monoisotopic (exact) mass is 270 g/mol. The van der Waals surface area contributed by atoms with Crippen LogP contribution in [0, 0.1) is 5.92 Å². The number of carboxylic acid groups (broad SMARTS) is 1. The number of nitrogens with one attached hydrogen (secondary N) is 2. The highest BCUT2D eigenvalue weighted by atomic mass is 16.5. The summed E-state index contributed by atoms with van der Waals surface area (Å²) in [6, 6.07) is -0.252. The lowest BCUT2D eigenvalue weighted by Crippen LogP contribution is -2.55. The lowest BCUT2D eigenvalue weighted by atomic mass is 9.95. The fourth-order valence-electron chi connectivity index (χ4n) is 2.87. The number of carbonyl (C=O) groups is 2. The fraction of sp³-hybridized carbons (Fsp3) is 0.846. The Balaban J connectivity index is 1.77. The van der Waals surface area contributed by atoms with Gasteiger partial charge in [0.15, 0.2) is 0 Å². The third-order valence-electron chi connectivity index (χ3n) is 3.97. The average molecular weight is 270 g/mol. The van der Waals surface area contributed by atoms with Gasteiger partial charge in [-0.3, -0.25) is 4.79 Å². The molecule has 2 rings (SSSR count). The normalized spacial score (nSPS) is 34.8. The standard InChI is InChI=1S/C13H22N2O4/c1-13(5-2-6-19-8-13)15-12(18)14-10-4-3-9(7-10)11(16)17/h9-10H,2-8H2,1H3,(H,16,17)(H2,14,15,18)/t9-,10+,13?/m1/s1. The molecule has 6 heteroatoms. The van der Waals surface area contributed by atoms with Crippen molar-refractivity contribution in [2.75, 3.05) is 13.2 Å². The minimum atomic E-state index is -0.766. The van der Waals surface area contributed by atoms with Gasteiger partial charge in [0.1, 0.15) is 0 Å². The van der Waals surface area contributed by atoms with Crippen molar-refractivity contribution in [2.24, 2.45) is 5.92 Å². The molecule has 19 heavy (non-hydrogen) atoms. The Morgan fingerprint density at radius 3 is 2.74 bits per heavy atom. The number of urea groups is 1. The second-order valence-corrected chi connectivity index (χ2v) is 5.86. The molecule has 108 valence electrons. The van der Waals surface area contributed by atoms with Gasteiger partial charge in [-0.1, -0.05) is 0 Å². The van der Waals surface area contributed by atoms with Gasteiger partial charge in [0.2, 0.25) is 0 Å². The van der Waals surface area contributed by atoms with Crippen molar-refractivity contribution in [1.82, 2.24) is 10.6 Å². The van der Waals surface area contributed by atoms with Crippen molar-refractivity contribution in [2.45, 2.75) is 50.6 Å². The van der Waals surface area contributed by atoms with Gasteiger partial charge in [-0.05, 0) is 39.0 Å². The van der Waals surface area contributed by atoms with Crippen molar-refractivity contribution in [3.63, 3.8) is 0 Å². The summed E-state index contributed by atoms with van der Waals surface area (Å²) in [6.45, 7) is 3.26. The number of ether oxygens (including phenoxy) is 1. The second kappa shape index (κ2) is 5.77. The molecule has 0 radical (unpaired) electrons. The molecule has 1 unspecified atom stereocenters. The van der Waals surface area contributed by atoms with Crippen molar-refractivity contribution in [3.05, 3.63) is 0 Å². The SMILES string of the molecule is CC1(NC(=O)N[C@H]2CC[C@@H](C(=O)O)C2)CCCOC1. The van der Waals surface area contributed by atoms with E-state index < -0.39 is 5.97 Å². The van der Waals surface area contributed by atoms with E-state index in [2.05, 4.69) is 10.6 Å². The molecule has 2 aliphatic rings. The second-order valence-electron chi connectivity index (χ2n) is 5.86. The van der Waals surface area contributed by atoms with Crippen LogP contribution in [0.4, 0.5) is 4.79 Å². The summed E-state index contributed by atoms with van der Waals surface area (Å²) in [5, 5.41) is 14.7. The van der Waals surface area contributed by atoms with Crippen LogP contribution in [-0.4, -0.2) is 41.9 Å². The molecule has 1 heterocycles. The van der Waals surface area contributed by atoms with Crippen LogP contribution in [-0.2, 0) is 9.53 Å². The highest BCUT2D eigenvalue weighted by molar-refractivity contribution is 5.75. The molecule has 6 nitrogen and oxygen atoms in total.